The van der Waals surface area contributed by atoms with E-state index in [1.165, 1.54) is 16.8 Å². The molecule has 7 nitrogen and oxygen atoms in total. The third kappa shape index (κ3) is 3.24. The molecular weight excluding hydrogens is 320 g/mol. The molecule has 0 atom stereocenters. The van der Waals surface area contributed by atoms with Crippen molar-refractivity contribution < 1.29 is 9.90 Å². The van der Waals surface area contributed by atoms with Crippen LogP contribution in [0, 0.1) is 0 Å². The number of aromatic carboxylic acids is 1. The van der Waals surface area contributed by atoms with E-state index in [1.807, 2.05) is 0 Å². The van der Waals surface area contributed by atoms with E-state index in [2.05, 4.69) is 15.4 Å². The molecule has 0 spiro atoms. The van der Waals surface area contributed by atoms with Crippen LogP contribution < -0.4 is 11.0 Å². The zero-order valence-corrected chi connectivity index (χ0v) is 12.4. The van der Waals surface area contributed by atoms with Crippen LogP contribution in [0.4, 0.5) is 11.6 Å². The molecule has 1 aromatic heterocycles. The summed E-state index contributed by atoms with van der Waals surface area (Å²) in [5.74, 6) is -0.770. The molecule has 2 aromatic carbocycles. The van der Waals surface area contributed by atoms with Crippen molar-refractivity contribution in [1.82, 2.24) is 14.8 Å². The Morgan fingerprint density at radius 1 is 1.22 bits per heavy atom. The van der Waals surface area contributed by atoms with Crippen LogP contribution in [-0.2, 0) is 0 Å². The molecule has 1 heterocycles. The van der Waals surface area contributed by atoms with E-state index < -0.39 is 11.7 Å². The first kappa shape index (κ1) is 14.9. The number of hydrogen-bond donors (Lipinski definition) is 3. The predicted molar refractivity (Wildman–Crippen MR) is 85.9 cm³/mol. The monoisotopic (exact) mass is 330 g/mol. The standard InChI is InChI=1S/C15H11ClN4O3/c16-10-2-1-3-12(8-10)20-15(23)18-14(19-20)17-11-6-4-9(5-7-11)13(21)22/h1-8H,(H,21,22)(H2,17,18,19,23). The molecule has 0 unspecified atom stereocenters. The third-order valence-corrected chi connectivity index (χ3v) is 3.30. The van der Waals surface area contributed by atoms with Gasteiger partial charge in [-0.05, 0) is 42.5 Å². The van der Waals surface area contributed by atoms with E-state index in [-0.39, 0.29) is 11.5 Å². The topological polar surface area (TPSA) is 100 Å². The predicted octanol–water partition coefficient (Wildman–Crippen LogP) is 2.66. The Hall–Kier alpha value is -3.06. The number of H-pyrrole nitrogens is 1. The normalized spacial score (nSPS) is 10.5. The van der Waals surface area contributed by atoms with Gasteiger partial charge in [0.2, 0.25) is 5.95 Å². The molecule has 23 heavy (non-hydrogen) atoms. The highest BCUT2D eigenvalue weighted by atomic mass is 35.5. The number of nitrogens with zero attached hydrogens (tertiary/aromatic N) is 2. The van der Waals surface area contributed by atoms with Crippen LogP contribution in [0.15, 0.2) is 53.3 Å². The smallest absolute Gasteiger partial charge is 0.349 e. The molecule has 0 aliphatic carbocycles. The van der Waals surface area contributed by atoms with Crippen molar-refractivity contribution in [2.24, 2.45) is 0 Å². The molecule has 0 saturated carbocycles. The average Bonchev–Trinajstić information content (AvgIpc) is 2.88. The van der Waals surface area contributed by atoms with Crippen molar-refractivity contribution in [3.8, 4) is 5.69 Å². The molecule has 3 N–H and O–H groups in total. The summed E-state index contributed by atoms with van der Waals surface area (Å²) in [5.41, 5.74) is 0.889. The summed E-state index contributed by atoms with van der Waals surface area (Å²) in [6.45, 7) is 0. The van der Waals surface area contributed by atoms with Crippen molar-refractivity contribution in [3.63, 3.8) is 0 Å². The Bertz CT molecular complexity index is 915. The molecule has 0 aliphatic rings. The van der Waals surface area contributed by atoms with Crippen LogP contribution in [-0.4, -0.2) is 25.8 Å². The number of hydrogen-bond acceptors (Lipinski definition) is 4. The average molecular weight is 331 g/mol. The van der Waals surface area contributed by atoms with Gasteiger partial charge in [0.05, 0.1) is 11.3 Å². The van der Waals surface area contributed by atoms with Gasteiger partial charge in [0.1, 0.15) is 0 Å². The van der Waals surface area contributed by atoms with E-state index in [4.69, 9.17) is 16.7 Å². The molecule has 0 radical (unpaired) electrons. The summed E-state index contributed by atoms with van der Waals surface area (Å²) in [5, 5.41) is 16.4. The second-order valence-corrected chi connectivity index (χ2v) is 5.11. The molecule has 0 fully saturated rings. The lowest BCUT2D eigenvalue weighted by Crippen LogP contribution is -2.15. The zero-order chi connectivity index (χ0) is 16.4. The number of halogens is 1. The Labute approximate surface area is 135 Å². The fourth-order valence-electron chi connectivity index (χ4n) is 2.00. The Morgan fingerprint density at radius 2 is 1.96 bits per heavy atom. The summed E-state index contributed by atoms with van der Waals surface area (Å²) in [6.07, 6.45) is 0. The number of carboxylic acids is 1. The number of aromatic nitrogens is 3. The lowest BCUT2D eigenvalue weighted by Gasteiger charge is -2.02. The van der Waals surface area contributed by atoms with E-state index in [9.17, 15) is 9.59 Å². The molecule has 0 saturated heterocycles. The number of rotatable bonds is 4. The van der Waals surface area contributed by atoms with Crippen molar-refractivity contribution in [3.05, 3.63) is 69.6 Å². The van der Waals surface area contributed by atoms with Crippen molar-refractivity contribution >= 4 is 29.2 Å². The van der Waals surface area contributed by atoms with Gasteiger partial charge >= 0.3 is 11.7 Å². The number of carbonyl (C=O) groups is 1. The maximum atomic E-state index is 12.0. The molecule has 0 amide bonds. The summed E-state index contributed by atoms with van der Waals surface area (Å²) < 4.78 is 1.18. The van der Waals surface area contributed by atoms with Gasteiger partial charge in [-0.25, -0.2) is 9.59 Å². The van der Waals surface area contributed by atoms with Gasteiger partial charge in [-0.3, -0.25) is 4.98 Å². The lowest BCUT2D eigenvalue weighted by molar-refractivity contribution is 0.0697. The summed E-state index contributed by atoms with van der Waals surface area (Å²) in [7, 11) is 0. The van der Waals surface area contributed by atoms with E-state index in [0.717, 1.165) is 0 Å². The lowest BCUT2D eigenvalue weighted by atomic mass is 10.2. The van der Waals surface area contributed by atoms with Crippen LogP contribution in [0.3, 0.4) is 0 Å². The molecular formula is C15H11ClN4O3. The first-order valence-corrected chi connectivity index (χ1v) is 6.96. The second kappa shape index (κ2) is 5.98. The Kier molecular flexibility index (Phi) is 3.86. The minimum atomic E-state index is -1.00. The maximum Gasteiger partial charge on any atom is 0.349 e. The number of aromatic amines is 1. The summed E-state index contributed by atoms with van der Waals surface area (Å²) >= 11 is 5.91. The molecule has 3 aromatic rings. The molecule has 0 aliphatic heterocycles. The first-order chi connectivity index (χ1) is 11.0. The minimum Gasteiger partial charge on any atom is -0.478 e. The van der Waals surface area contributed by atoms with Gasteiger partial charge in [-0.2, -0.15) is 4.68 Å². The molecule has 3 rings (SSSR count). The van der Waals surface area contributed by atoms with Crippen LogP contribution in [0.1, 0.15) is 10.4 Å². The van der Waals surface area contributed by atoms with Gasteiger partial charge in [-0.1, -0.05) is 17.7 Å². The van der Waals surface area contributed by atoms with Gasteiger partial charge < -0.3 is 10.4 Å². The highest BCUT2D eigenvalue weighted by Crippen LogP contribution is 2.15. The van der Waals surface area contributed by atoms with Crippen LogP contribution in [0.25, 0.3) is 5.69 Å². The quantitative estimate of drug-likeness (QED) is 0.683. The van der Waals surface area contributed by atoms with E-state index in [0.29, 0.717) is 16.4 Å². The fraction of sp³-hybridized carbons (Fsp3) is 0. The molecule has 116 valence electrons. The number of nitrogens with one attached hydrogen (secondary N) is 2. The van der Waals surface area contributed by atoms with Gasteiger partial charge in [0.15, 0.2) is 0 Å². The molecule has 8 heteroatoms. The van der Waals surface area contributed by atoms with Crippen LogP contribution in [0.2, 0.25) is 5.02 Å². The number of carboxylic acid groups (broad SMARTS) is 1. The maximum absolute atomic E-state index is 12.0. The highest BCUT2D eigenvalue weighted by molar-refractivity contribution is 6.30. The molecule has 0 bridgehead atoms. The Morgan fingerprint density at radius 3 is 2.61 bits per heavy atom. The summed E-state index contributed by atoms with van der Waals surface area (Å²) in [4.78, 5) is 25.4. The summed E-state index contributed by atoms with van der Waals surface area (Å²) in [6, 6.07) is 12.8. The van der Waals surface area contributed by atoms with Gasteiger partial charge in [-0.15, -0.1) is 5.10 Å². The largest absolute Gasteiger partial charge is 0.478 e. The third-order valence-electron chi connectivity index (χ3n) is 3.07. The number of anilines is 2. The van der Waals surface area contributed by atoms with E-state index in [1.54, 1.807) is 36.4 Å². The highest BCUT2D eigenvalue weighted by Gasteiger charge is 2.08. The van der Waals surface area contributed by atoms with Crippen molar-refractivity contribution in [2.75, 3.05) is 5.32 Å². The zero-order valence-electron chi connectivity index (χ0n) is 11.7. The number of benzene rings is 2. The van der Waals surface area contributed by atoms with Gasteiger partial charge in [0, 0.05) is 10.7 Å². The van der Waals surface area contributed by atoms with Crippen molar-refractivity contribution in [2.45, 2.75) is 0 Å². The van der Waals surface area contributed by atoms with Crippen LogP contribution >= 0.6 is 11.6 Å². The van der Waals surface area contributed by atoms with Gasteiger partial charge in [0.25, 0.3) is 0 Å². The minimum absolute atomic E-state index is 0.175. The first-order valence-electron chi connectivity index (χ1n) is 6.58. The van der Waals surface area contributed by atoms with Crippen molar-refractivity contribution in [1.29, 1.82) is 0 Å². The Balaban J connectivity index is 1.86. The fourth-order valence-corrected chi connectivity index (χ4v) is 2.18. The SMILES string of the molecule is O=C(O)c1ccc(Nc2nn(-c3cccc(Cl)c3)c(=O)[nH]2)cc1. The van der Waals surface area contributed by atoms with E-state index >= 15 is 0 Å². The van der Waals surface area contributed by atoms with Crippen LogP contribution in [0.5, 0.6) is 0 Å². The second-order valence-electron chi connectivity index (χ2n) is 4.68.